The molecule has 1 aliphatic rings. The molecule has 96 valence electrons. The number of hydrogen-bond acceptors (Lipinski definition) is 6. The monoisotopic (exact) mass is 249 g/mol. The van der Waals surface area contributed by atoms with E-state index in [2.05, 4.69) is 20.6 Å². The fraction of sp³-hybridized carbons (Fsp3) is 0.545. The summed E-state index contributed by atoms with van der Waals surface area (Å²) in [5.74, 6) is 0.550. The quantitative estimate of drug-likeness (QED) is 0.876. The molecule has 7 heteroatoms. The van der Waals surface area contributed by atoms with E-state index in [1.54, 1.807) is 11.6 Å². The summed E-state index contributed by atoms with van der Waals surface area (Å²) >= 11 is 0. The van der Waals surface area contributed by atoms with Gasteiger partial charge in [-0.3, -0.25) is 4.68 Å². The van der Waals surface area contributed by atoms with Crippen molar-refractivity contribution in [2.75, 3.05) is 11.9 Å². The van der Waals surface area contributed by atoms with Crippen LogP contribution in [0, 0.1) is 6.92 Å². The van der Waals surface area contributed by atoms with Gasteiger partial charge in [-0.2, -0.15) is 5.10 Å². The fourth-order valence-electron chi connectivity index (χ4n) is 2.17. The maximum Gasteiger partial charge on any atom is 0.315 e. The van der Waals surface area contributed by atoms with E-state index in [9.17, 15) is 0 Å². The van der Waals surface area contributed by atoms with Crippen molar-refractivity contribution in [3.8, 4) is 0 Å². The maximum atomic E-state index is 5.74. The van der Waals surface area contributed by atoms with Crippen molar-refractivity contribution in [2.45, 2.75) is 25.5 Å². The Morgan fingerprint density at radius 3 is 3.00 bits per heavy atom. The summed E-state index contributed by atoms with van der Waals surface area (Å²) in [6.45, 7) is 2.48. The summed E-state index contributed by atoms with van der Waals surface area (Å²) < 4.78 is 12.8. The van der Waals surface area contributed by atoms with Gasteiger partial charge in [-0.25, -0.2) is 0 Å². The number of rotatable bonds is 3. The third-order valence-corrected chi connectivity index (χ3v) is 2.98. The first-order valence-electron chi connectivity index (χ1n) is 5.89. The second kappa shape index (κ2) is 4.41. The largest absolute Gasteiger partial charge is 0.408 e. The van der Waals surface area contributed by atoms with E-state index in [0.29, 0.717) is 18.5 Å². The number of hydrogen-bond donors (Lipinski definition) is 1. The normalized spacial score (nSPS) is 23.4. The highest BCUT2D eigenvalue weighted by Gasteiger charge is 2.31. The summed E-state index contributed by atoms with van der Waals surface area (Å²) in [7, 11) is 1.89. The molecule has 0 saturated carbocycles. The van der Waals surface area contributed by atoms with Crippen molar-refractivity contribution in [1.29, 1.82) is 0 Å². The van der Waals surface area contributed by atoms with Gasteiger partial charge in [0.15, 0.2) is 0 Å². The Labute approximate surface area is 104 Å². The molecule has 0 radical (unpaired) electrons. The van der Waals surface area contributed by atoms with Crippen molar-refractivity contribution < 1.29 is 9.15 Å². The molecule has 1 fully saturated rings. The molecule has 2 aromatic rings. The van der Waals surface area contributed by atoms with Crippen molar-refractivity contribution in [2.24, 2.45) is 7.05 Å². The van der Waals surface area contributed by atoms with Crippen LogP contribution in [0.3, 0.4) is 0 Å². The smallest absolute Gasteiger partial charge is 0.315 e. The lowest BCUT2D eigenvalue weighted by Crippen LogP contribution is -2.23. The molecule has 3 heterocycles. The molecule has 0 aliphatic carbocycles. The van der Waals surface area contributed by atoms with Crippen LogP contribution in [0.15, 0.2) is 16.8 Å². The van der Waals surface area contributed by atoms with Gasteiger partial charge in [-0.05, 0) is 6.42 Å². The third-order valence-electron chi connectivity index (χ3n) is 2.98. The first-order chi connectivity index (χ1) is 8.72. The highest BCUT2D eigenvalue weighted by molar-refractivity contribution is 5.24. The third kappa shape index (κ3) is 2.08. The van der Waals surface area contributed by atoms with E-state index in [4.69, 9.17) is 9.15 Å². The SMILES string of the molecule is Cc1nnc(N[C@@H]2CCO[C@H]2c2cnn(C)c2)o1. The Bertz CT molecular complexity index is 535. The first-order valence-corrected chi connectivity index (χ1v) is 5.89. The van der Waals surface area contributed by atoms with Crippen LogP contribution >= 0.6 is 0 Å². The highest BCUT2D eigenvalue weighted by Crippen LogP contribution is 2.30. The van der Waals surface area contributed by atoms with Gasteiger partial charge in [-0.15, -0.1) is 5.10 Å². The number of aromatic nitrogens is 4. The second-order valence-corrected chi connectivity index (χ2v) is 4.40. The number of ether oxygens (including phenoxy) is 1. The van der Waals surface area contributed by atoms with E-state index >= 15 is 0 Å². The Hall–Kier alpha value is -1.89. The predicted molar refractivity (Wildman–Crippen MR) is 63.0 cm³/mol. The van der Waals surface area contributed by atoms with Crippen molar-refractivity contribution >= 4 is 6.01 Å². The minimum Gasteiger partial charge on any atom is -0.408 e. The average Bonchev–Trinajstić information content (AvgIpc) is 3.01. The van der Waals surface area contributed by atoms with Gasteiger partial charge >= 0.3 is 6.01 Å². The lowest BCUT2D eigenvalue weighted by molar-refractivity contribution is 0.107. The number of anilines is 1. The number of nitrogens with one attached hydrogen (secondary N) is 1. The zero-order valence-corrected chi connectivity index (χ0v) is 10.3. The van der Waals surface area contributed by atoms with Crippen molar-refractivity contribution in [3.63, 3.8) is 0 Å². The molecular formula is C11H15N5O2. The molecule has 18 heavy (non-hydrogen) atoms. The van der Waals surface area contributed by atoms with Crippen LogP contribution in [0.25, 0.3) is 0 Å². The van der Waals surface area contributed by atoms with E-state index in [-0.39, 0.29) is 12.1 Å². The molecule has 7 nitrogen and oxygen atoms in total. The van der Waals surface area contributed by atoms with Crippen LogP contribution in [-0.4, -0.2) is 32.6 Å². The van der Waals surface area contributed by atoms with Gasteiger partial charge in [0.2, 0.25) is 5.89 Å². The second-order valence-electron chi connectivity index (χ2n) is 4.40. The van der Waals surface area contributed by atoms with Gasteiger partial charge in [-0.1, -0.05) is 5.10 Å². The molecule has 0 aromatic carbocycles. The van der Waals surface area contributed by atoms with E-state index in [0.717, 1.165) is 12.0 Å². The minimum atomic E-state index is -0.0223. The Kier molecular flexibility index (Phi) is 2.75. The summed E-state index contributed by atoms with van der Waals surface area (Å²) in [6, 6.07) is 0.575. The number of nitrogens with zero attached hydrogens (tertiary/aromatic N) is 4. The van der Waals surface area contributed by atoms with Crippen LogP contribution in [0.1, 0.15) is 24.0 Å². The highest BCUT2D eigenvalue weighted by atomic mass is 16.5. The summed E-state index contributed by atoms with van der Waals surface area (Å²) in [4.78, 5) is 0. The van der Waals surface area contributed by atoms with Crippen LogP contribution in [0.2, 0.25) is 0 Å². The summed E-state index contributed by atoms with van der Waals surface area (Å²) in [5, 5.41) is 15.1. The molecule has 2 aromatic heterocycles. The van der Waals surface area contributed by atoms with Gasteiger partial charge in [0, 0.05) is 32.3 Å². The molecule has 1 N–H and O–H groups in total. The van der Waals surface area contributed by atoms with Crippen molar-refractivity contribution in [1.82, 2.24) is 20.0 Å². The fourth-order valence-corrected chi connectivity index (χ4v) is 2.17. The number of aryl methyl sites for hydroxylation is 2. The lowest BCUT2D eigenvalue weighted by atomic mass is 10.1. The molecule has 1 saturated heterocycles. The van der Waals surface area contributed by atoms with Gasteiger partial charge in [0.25, 0.3) is 0 Å². The van der Waals surface area contributed by atoms with Crippen LogP contribution in [0.4, 0.5) is 6.01 Å². The standard InChI is InChI=1S/C11H15N5O2/c1-7-14-15-11(18-7)13-9-3-4-17-10(9)8-5-12-16(2)6-8/h5-6,9-10H,3-4H2,1-2H3,(H,13,15)/t9-,10+/m1/s1. The Morgan fingerprint density at radius 2 is 2.33 bits per heavy atom. The Balaban J connectivity index is 1.75. The summed E-state index contributed by atoms with van der Waals surface area (Å²) in [5.41, 5.74) is 1.06. The molecule has 1 aliphatic heterocycles. The minimum absolute atomic E-state index is 0.0223. The van der Waals surface area contributed by atoms with E-state index in [1.165, 1.54) is 0 Å². The van der Waals surface area contributed by atoms with E-state index < -0.39 is 0 Å². The van der Waals surface area contributed by atoms with Crippen molar-refractivity contribution in [3.05, 3.63) is 23.8 Å². The zero-order chi connectivity index (χ0) is 12.5. The van der Waals surface area contributed by atoms with Gasteiger partial charge in [0.1, 0.15) is 6.10 Å². The molecule has 0 bridgehead atoms. The average molecular weight is 249 g/mol. The molecule has 3 rings (SSSR count). The molecule has 0 amide bonds. The zero-order valence-electron chi connectivity index (χ0n) is 10.3. The van der Waals surface area contributed by atoms with Crippen LogP contribution < -0.4 is 5.32 Å². The Morgan fingerprint density at radius 1 is 1.44 bits per heavy atom. The molecule has 0 unspecified atom stereocenters. The molecule has 0 spiro atoms. The van der Waals surface area contributed by atoms with Crippen LogP contribution in [0.5, 0.6) is 0 Å². The topological polar surface area (TPSA) is 78.0 Å². The van der Waals surface area contributed by atoms with E-state index in [1.807, 2.05) is 19.4 Å². The first kappa shape index (κ1) is 11.2. The van der Waals surface area contributed by atoms with Gasteiger partial charge < -0.3 is 14.5 Å². The van der Waals surface area contributed by atoms with Gasteiger partial charge in [0.05, 0.1) is 12.2 Å². The maximum absolute atomic E-state index is 5.74. The van der Waals surface area contributed by atoms with Crippen LogP contribution in [-0.2, 0) is 11.8 Å². The summed E-state index contributed by atoms with van der Waals surface area (Å²) in [6.07, 6.45) is 4.67. The molecule has 2 atom stereocenters. The molecular weight excluding hydrogens is 234 g/mol. The lowest BCUT2D eigenvalue weighted by Gasteiger charge is -2.17. The predicted octanol–water partition coefficient (Wildman–Crippen LogP) is 1.05.